The fraction of sp³-hybridized carbons (Fsp3) is 0.250. The van der Waals surface area contributed by atoms with E-state index in [9.17, 15) is 14.9 Å². The van der Waals surface area contributed by atoms with Gasteiger partial charge in [-0.05, 0) is 24.5 Å². The number of carbonyl (C=O) groups excluding carboxylic acids is 1. The van der Waals surface area contributed by atoms with Gasteiger partial charge in [0.25, 0.3) is 5.69 Å². The van der Waals surface area contributed by atoms with Crippen LogP contribution in [-0.2, 0) is 11.3 Å². The molecule has 1 atom stereocenters. The highest BCUT2D eigenvalue weighted by atomic mass is 16.6. The number of ketones is 1. The molecule has 1 aromatic heterocycles. The zero-order chi connectivity index (χ0) is 21.5. The van der Waals surface area contributed by atoms with Crippen LogP contribution < -0.4 is 4.74 Å². The first-order valence-corrected chi connectivity index (χ1v) is 10.3. The monoisotopic (exact) mass is 415 g/mol. The van der Waals surface area contributed by atoms with Gasteiger partial charge in [0.05, 0.1) is 17.2 Å². The number of aromatic nitrogens is 2. The van der Waals surface area contributed by atoms with E-state index < -0.39 is 10.8 Å². The average Bonchev–Trinajstić information content (AvgIpc) is 3.08. The third kappa shape index (κ3) is 3.32. The molecule has 1 aliphatic heterocycles. The molecule has 1 aliphatic carbocycles. The van der Waals surface area contributed by atoms with Crippen LogP contribution in [0.1, 0.15) is 47.6 Å². The van der Waals surface area contributed by atoms with Crippen LogP contribution in [0.2, 0.25) is 0 Å². The van der Waals surface area contributed by atoms with E-state index in [1.165, 1.54) is 6.07 Å². The molecule has 0 unspecified atom stereocenters. The van der Waals surface area contributed by atoms with Crippen molar-refractivity contribution in [3.63, 3.8) is 0 Å². The van der Waals surface area contributed by atoms with Crippen molar-refractivity contribution in [3.8, 4) is 5.88 Å². The Labute approximate surface area is 179 Å². The highest BCUT2D eigenvalue weighted by molar-refractivity contribution is 5.99. The molecule has 2 aromatic carbocycles. The van der Waals surface area contributed by atoms with E-state index in [1.807, 2.05) is 48.0 Å². The van der Waals surface area contributed by atoms with E-state index >= 15 is 0 Å². The number of carbonyl (C=O) groups is 1. The molecule has 7 heteroatoms. The molecule has 0 bridgehead atoms. The number of benzene rings is 2. The minimum absolute atomic E-state index is 0.00489. The maximum Gasteiger partial charge on any atom is 0.269 e. The molecule has 31 heavy (non-hydrogen) atoms. The highest BCUT2D eigenvalue weighted by Crippen LogP contribution is 2.48. The lowest BCUT2D eigenvalue weighted by Gasteiger charge is -2.31. The zero-order valence-corrected chi connectivity index (χ0v) is 17.1. The molecule has 7 nitrogen and oxygen atoms in total. The molecular formula is C24H21N3O4. The van der Waals surface area contributed by atoms with Crippen molar-refractivity contribution in [1.82, 2.24) is 9.78 Å². The molecule has 0 saturated carbocycles. The van der Waals surface area contributed by atoms with E-state index in [2.05, 4.69) is 0 Å². The number of nitro groups is 1. The summed E-state index contributed by atoms with van der Waals surface area (Å²) in [6.07, 6.45) is 1.86. The second kappa shape index (κ2) is 7.50. The third-order valence-electron chi connectivity index (χ3n) is 5.92. The van der Waals surface area contributed by atoms with Gasteiger partial charge in [-0.3, -0.25) is 14.9 Å². The van der Waals surface area contributed by atoms with Crippen LogP contribution in [0, 0.1) is 17.0 Å². The number of allylic oxidation sites excluding steroid dienone is 2. The van der Waals surface area contributed by atoms with Crippen LogP contribution in [0.3, 0.4) is 0 Å². The van der Waals surface area contributed by atoms with Gasteiger partial charge in [-0.25, -0.2) is 4.68 Å². The first kappa shape index (κ1) is 19.2. The predicted octanol–water partition coefficient (Wildman–Crippen LogP) is 4.68. The maximum absolute atomic E-state index is 13.0. The Hall–Kier alpha value is -3.74. The largest absolute Gasteiger partial charge is 0.443 e. The minimum atomic E-state index is -0.420. The summed E-state index contributed by atoms with van der Waals surface area (Å²) in [5.41, 5.74) is 3.98. The summed E-state index contributed by atoms with van der Waals surface area (Å²) in [5, 5.41) is 16.1. The van der Waals surface area contributed by atoms with E-state index in [4.69, 9.17) is 9.84 Å². The first-order chi connectivity index (χ1) is 15.0. The number of hydrogen-bond donors (Lipinski definition) is 0. The standard InChI is InChI=1S/C24H21N3O4/c1-15-21-22(17-9-5-10-18(13-17)27(29)30)23-19(28)11-6-12-20(23)31-24(21)26(25-15)14-16-7-3-2-4-8-16/h2-5,7-10,13,22H,6,11-12,14H2,1H3/t22-/m1/s1. The molecule has 0 amide bonds. The number of Topliss-reactive ketones (excluding diaryl/α,β-unsaturated/α-hetero) is 1. The fourth-order valence-corrected chi connectivity index (χ4v) is 4.55. The van der Waals surface area contributed by atoms with Crippen molar-refractivity contribution in [2.24, 2.45) is 0 Å². The number of hydrogen-bond acceptors (Lipinski definition) is 5. The van der Waals surface area contributed by atoms with Crippen molar-refractivity contribution in [3.05, 3.63) is 98.4 Å². The van der Waals surface area contributed by atoms with Gasteiger partial charge in [0.1, 0.15) is 5.76 Å². The number of rotatable bonds is 4. The SMILES string of the molecule is Cc1nn(Cc2ccccc2)c2c1[C@@H](c1cccc([N+](=O)[O-])c1)C1=C(CCCC1=O)O2. The van der Waals surface area contributed by atoms with Crippen LogP contribution >= 0.6 is 0 Å². The Kier molecular flexibility index (Phi) is 4.66. The van der Waals surface area contributed by atoms with Crippen molar-refractivity contribution >= 4 is 11.5 Å². The number of nitro benzene ring substituents is 1. The highest BCUT2D eigenvalue weighted by Gasteiger charge is 2.40. The summed E-state index contributed by atoms with van der Waals surface area (Å²) in [6.45, 7) is 2.43. The summed E-state index contributed by atoms with van der Waals surface area (Å²) in [5.74, 6) is 0.898. The number of fused-ring (bicyclic) bond motifs is 1. The van der Waals surface area contributed by atoms with Crippen molar-refractivity contribution in [2.75, 3.05) is 0 Å². The number of ether oxygens (including phenoxy) is 1. The fourth-order valence-electron chi connectivity index (χ4n) is 4.55. The lowest BCUT2D eigenvalue weighted by molar-refractivity contribution is -0.384. The molecule has 2 aliphatic rings. The first-order valence-electron chi connectivity index (χ1n) is 10.3. The van der Waals surface area contributed by atoms with E-state index in [1.54, 1.807) is 12.1 Å². The molecule has 0 spiro atoms. The lowest BCUT2D eigenvalue weighted by atomic mass is 9.77. The Bertz CT molecular complexity index is 1230. The summed E-state index contributed by atoms with van der Waals surface area (Å²) < 4.78 is 8.11. The summed E-state index contributed by atoms with van der Waals surface area (Å²) in [4.78, 5) is 23.9. The molecule has 0 N–H and O–H groups in total. The molecule has 0 saturated heterocycles. The second-order valence-electron chi connectivity index (χ2n) is 7.95. The van der Waals surface area contributed by atoms with Crippen LogP contribution in [0.4, 0.5) is 5.69 Å². The zero-order valence-electron chi connectivity index (χ0n) is 17.1. The van der Waals surface area contributed by atoms with Crippen LogP contribution in [0.5, 0.6) is 5.88 Å². The molecule has 0 fully saturated rings. The third-order valence-corrected chi connectivity index (χ3v) is 5.92. The smallest absolute Gasteiger partial charge is 0.269 e. The normalized spacial score (nSPS) is 17.7. The van der Waals surface area contributed by atoms with Crippen molar-refractivity contribution in [1.29, 1.82) is 0 Å². The van der Waals surface area contributed by atoms with Crippen molar-refractivity contribution in [2.45, 2.75) is 38.6 Å². The van der Waals surface area contributed by atoms with Crippen LogP contribution in [0.25, 0.3) is 0 Å². The molecule has 2 heterocycles. The van der Waals surface area contributed by atoms with E-state index in [-0.39, 0.29) is 11.5 Å². The Morgan fingerprint density at radius 3 is 2.74 bits per heavy atom. The van der Waals surface area contributed by atoms with Crippen molar-refractivity contribution < 1.29 is 14.5 Å². The number of aryl methyl sites for hydroxylation is 1. The lowest BCUT2D eigenvalue weighted by Crippen LogP contribution is -2.26. The van der Waals surface area contributed by atoms with E-state index in [0.29, 0.717) is 42.2 Å². The van der Waals surface area contributed by atoms with Crippen LogP contribution in [0.15, 0.2) is 65.9 Å². The number of non-ortho nitro benzene ring substituents is 1. The van der Waals surface area contributed by atoms with E-state index in [0.717, 1.165) is 23.2 Å². The Morgan fingerprint density at radius 1 is 1.16 bits per heavy atom. The Morgan fingerprint density at radius 2 is 1.97 bits per heavy atom. The predicted molar refractivity (Wildman–Crippen MR) is 114 cm³/mol. The molecule has 5 rings (SSSR count). The van der Waals surface area contributed by atoms with Gasteiger partial charge in [-0.1, -0.05) is 42.5 Å². The summed E-state index contributed by atoms with van der Waals surface area (Å²) >= 11 is 0. The van der Waals surface area contributed by atoms with Gasteiger partial charge < -0.3 is 4.74 Å². The summed E-state index contributed by atoms with van der Waals surface area (Å²) in [6, 6.07) is 16.5. The molecular weight excluding hydrogens is 394 g/mol. The topological polar surface area (TPSA) is 87.3 Å². The molecule has 0 radical (unpaired) electrons. The van der Waals surface area contributed by atoms with Gasteiger partial charge in [0, 0.05) is 42.0 Å². The summed E-state index contributed by atoms with van der Waals surface area (Å²) in [7, 11) is 0. The maximum atomic E-state index is 13.0. The second-order valence-corrected chi connectivity index (χ2v) is 7.95. The van der Waals surface area contributed by atoms with Gasteiger partial charge >= 0.3 is 0 Å². The molecule has 156 valence electrons. The van der Waals surface area contributed by atoms with Gasteiger partial charge in [-0.2, -0.15) is 5.10 Å². The quantitative estimate of drug-likeness (QED) is 0.456. The minimum Gasteiger partial charge on any atom is -0.443 e. The van der Waals surface area contributed by atoms with Gasteiger partial charge in [0.15, 0.2) is 5.78 Å². The average molecular weight is 415 g/mol. The van der Waals surface area contributed by atoms with Crippen LogP contribution in [-0.4, -0.2) is 20.5 Å². The van der Waals surface area contributed by atoms with Gasteiger partial charge in [-0.15, -0.1) is 0 Å². The number of nitrogens with zero attached hydrogens (tertiary/aromatic N) is 3. The Balaban J connectivity index is 1.68. The molecule has 3 aromatic rings. The van der Waals surface area contributed by atoms with Gasteiger partial charge in [0.2, 0.25) is 5.88 Å².